The van der Waals surface area contributed by atoms with Crippen molar-refractivity contribution in [2.45, 2.75) is 31.7 Å². The number of aromatic nitrogens is 1. The summed E-state index contributed by atoms with van der Waals surface area (Å²) in [7, 11) is 1.60. The zero-order valence-electron chi connectivity index (χ0n) is 12.0. The molecule has 6 heteroatoms. The second-order valence-electron chi connectivity index (χ2n) is 5.40. The fourth-order valence-electron chi connectivity index (χ4n) is 2.93. The van der Waals surface area contributed by atoms with Gasteiger partial charge in [0, 0.05) is 38.8 Å². The zero-order chi connectivity index (χ0) is 14.8. The fourth-order valence-corrected chi connectivity index (χ4v) is 2.93. The number of likely N-dealkylation sites (tertiary alicyclic amines) is 1. The normalized spacial score (nSPS) is 22.4. The van der Waals surface area contributed by atoms with Crippen LogP contribution in [0.2, 0.25) is 0 Å². The van der Waals surface area contributed by atoms with Crippen molar-refractivity contribution < 1.29 is 9.59 Å². The molecule has 2 amide bonds. The van der Waals surface area contributed by atoms with E-state index in [1.54, 1.807) is 19.4 Å². The van der Waals surface area contributed by atoms with Crippen LogP contribution in [0, 0.1) is 0 Å². The molecule has 21 heavy (non-hydrogen) atoms. The lowest BCUT2D eigenvalue weighted by Gasteiger charge is -2.27. The van der Waals surface area contributed by atoms with Crippen LogP contribution >= 0.6 is 0 Å². The molecule has 0 saturated carbocycles. The molecular formula is C15H18N4O2. The van der Waals surface area contributed by atoms with Gasteiger partial charge in [-0.25, -0.2) is 5.01 Å². The summed E-state index contributed by atoms with van der Waals surface area (Å²) >= 11 is 0. The first-order chi connectivity index (χ1) is 10.2. The monoisotopic (exact) mass is 286 g/mol. The molecule has 1 aromatic rings. The van der Waals surface area contributed by atoms with Gasteiger partial charge in [-0.05, 0) is 30.5 Å². The Labute approximate surface area is 123 Å². The summed E-state index contributed by atoms with van der Waals surface area (Å²) in [4.78, 5) is 30.0. The summed E-state index contributed by atoms with van der Waals surface area (Å²) in [5.74, 6) is -0.0904. The number of carbonyl (C=O) groups is 2. The number of pyridine rings is 1. The topological polar surface area (TPSA) is 65.9 Å². The van der Waals surface area contributed by atoms with Crippen molar-refractivity contribution in [3.8, 4) is 0 Å². The van der Waals surface area contributed by atoms with Crippen LogP contribution in [0.5, 0.6) is 0 Å². The van der Waals surface area contributed by atoms with E-state index in [0.717, 1.165) is 24.9 Å². The number of hydrogen-bond donors (Lipinski definition) is 0. The molecule has 0 N–H and O–H groups in total. The van der Waals surface area contributed by atoms with Crippen molar-refractivity contribution in [2.24, 2.45) is 5.10 Å². The Hall–Kier alpha value is -2.24. The first-order valence-electron chi connectivity index (χ1n) is 7.22. The van der Waals surface area contributed by atoms with Crippen molar-refractivity contribution in [3.05, 3.63) is 30.1 Å². The molecule has 3 rings (SSSR count). The van der Waals surface area contributed by atoms with Gasteiger partial charge in [-0.15, -0.1) is 0 Å². The number of hydrazone groups is 1. The molecular weight excluding hydrogens is 268 g/mol. The second-order valence-corrected chi connectivity index (χ2v) is 5.40. The standard InChI is InChI=1S/C15H18N4O2/c1-18-14(20)5-4-12(17-18)15(21)19-10-2-3-13(19)11-6-8-16-9-7-11/h6-9,13H,2-5,10H2,1H3/t13-/m1/s1. The number of carbonyl (C=O) groups excluding carboxylic acids is 2. The van der Waals surface area contributed by atoms with Crippen LogP contribution in [0.15, 0.2) is 29.6 Å². The first kappa shape index (κ1) is 13.7. The van der Waals surface area contributed by atoms with E-state index in [9.17, 15) is 9.59 Å². The molecule has 0 spiro atoms. The van der Waals surface area contributed by atoms with Crippen LogP contribution in [-0.2, 0) is 9.59 Å². The van der Waals surface area contributed by atoms with E-state index < -0.39 is 0 Å². The SMILES string of the molecule is CN1N=C(C(=O)N2CCC[C@@H]2c2ccncc2)CCC1=O. The van der Waals surface area contributed by atoms with Gasteiger partial charge >= 0.3 is 0 Å². The lowest BCUT2D eigenvalue weighted by atomic mass is 10.1. The summed E-state index contributed by atoms with van der Waals surface area (Å²) in [6, 6.07) is 3.99. The molecule has 0 aromatic carbocycles. The van der Waals surface area contributed by atoms with Gasteiger partial charge in [-0.2, -0.15) is 5.10 Å². The molecule has 1 fully saturated rings. The van der Waals surface area contributed by atoms with Crippen molar-refractivity contribution in [2.75, 3.05) is 13.6 Å². The van der Waals surface area contributed by atoms with Gasteiger partial charge in [0.05, 0.1) is 6.04 Å². The minimum absolute atomic E-state index is 0.0429. The van der Waals surface area contributed by atoms with Crippen LogP contribution < -0.4 is 0 Å². The highest BCUT2D eigenvalue weighted by molar-refractivity contribution is 6.39. The summed E-state index contributed by atoms with van der Waals surface area (Å²) in [5, 5.41) is 5.40. The molecule has 1 atom stereocenters. The van der Waals surface area contributed by atoms with Gasteiger partial charge in [0.25, 0.3) is 5.91 Å². The van der Waals surface area contributed by atoms with Crippen LogP contribution in [0.4, 0.5) is 0 Å². The van der Waals surface area contributed by atoms with Gasteiger partial charge in [-0.3, -0.25) is 14.6 Å². The van der Waals surface area contributed by atoms with Gasteiger partial charge in [0.2, 0.25) is 5.91 Å². The average Bonchev–Trinajstić information content (AvgIpc) is 2.99. The first-order valence-corrected chi connectivity index (χ1v) is 7.22. The second kappa shape index (κ2) is 5.63. The maximum Gasteiger partial charge on any atom is 0.270 e. The Balaban J connectivity index is 1.81. The molecule has 110 valence electrons. The summed E-state index contributed by atoms with van der Waals surface area (Å²) in [6.45, 7) is 0.739. The highest BCUT2D eigenvalue weighted by atomic mass is 16.2. The van der Waals surface area contributed by atoms with E-state index in [0.29, 0.717) is 18.6 Å². The van der Waals surface area contributed by atoms with Crippen LogP contribution in [-0.4, -0.2) is 46.0 Å². The number of hydrogen-bond acceptors (Lipinski definition) is 4. The Morgan fingerprint density at radius 1 is 1.29 bits per heavy atom. The molecule has 1 aromatic heterocycles. The number of amides is 2. The Morgan fingerprint density at radius 2 is 2.05 bits per heavy atom. The molecule has 0 bridgehead atoms. The predicted molar refractivity (Wildman–Crippen MR) is 77.4 cm³/mol. The third-order valence-electron chi connectivity index (χ3n) is 4.06. The average molecular weight is 286 g/mol. The Morgan fingerprint density at radius 3 is 2.76 bits per heavy atom. The van der Waals surface area contributed by atoms with E-state index in [1.807, 2.05) is 17.0 Å². The molecule has 1 saturated heterocycles. The van der Waals surface area contributed by atoms with Crippen molar-refractivity contribution >= 4 is 17.5 Å². The number of rotatable bonds is 2. The van der Waals surface area contributed by atoms with E-state index in [1.165, 1.54) is 5.01 Å². The highest BCUT2D eigenvalue weighted by Crippen LogP contribution is 2.32. The van der Waals surface area contributed by atoms with E-state index in [-0.39, 0.29) is 17.9 Å². The van der Waals surface area contributed by atoms with Crippen LogP contribution in [0.25, 0.3) is 0 Å². The van der Waals surface area contributed by atoms with E-state index in [4.69, 9.17) is 0 Å². The molecule has 0 aliphatic carbocycles. The van der Waals surface area contributed by atoms with Crippen LogP contribution in [0.3, 0.4) is 0 Å². The maximum absolute atomic E-state index is 12.7. The highest BCUT2D eigenvalue weighted by Gasteiger charge is 2.33. The van der Waals surface area contributed by atoms with Gasteiger partial charge in [-0.1, -0.05) is 0 Å². The van der Waals surface area contributed by atoms with Gasteiger partial charge in [0.1, 0.15) is 5.71 Å². The molecule has 0 radical (unpaired) electrons. The fraction of sp³-hybridized carbons (Fsp3) is 0.467. The lowest BCUT2D eigenvalue weighted by Crippen LogP contribution is -2.40. The third kappa shape index (κ3) is 2.66. The van der Waals surface area contributed by atoms with E-state index in [2.05, 4.69) is 10.1 Å². The predicted octanol–water partition coefficient (Wildman–Crippen LogP) is 1.35. The minimum Gasteiger partial charge on any atom is -0.330 e. The third-order valence-corrected chi connectivity index (χ3v) is 4.06. The molecule has 2 aliphatic heterocycles. The molecule has 0 unspecified atom stereocenters. The van der Waals surface area contributed by atoms with Gasteiger partial charge < -0.3 is 4.90 Å². The molecule has 3 heterocycles. The Kier molecular flexibility index (Phi) is 3.68. The molecule has 2 aliphatic rings. The summed E-state index contributed by atoms with van der Waals surface area (Å²) in [5.41, 5.74) is 1.59. The van der Waals surface area contributed by atoms with Crippen molar-refractivity contribution in [1.82, 2.24) is 14.9 Å². The number of nitrogens with zero attached hydrogens (tertiary/aromatic N) is 4. The van der Waals surface area contributed by atoms with Crippen molar-refractivity contribution in [1.29, 1.82) is 0 Å². The smallest absolute Gasteiger partial charge is 0.270 e. The Bertz CT molecular complexity index is 585. The summed E-state index contributed by atoms with van der Waals surface area (Å²) < 4.78 is 0. The quantitative estimate of drug-likeness (QED) is 0.824. The molecule has 6 nitrogen and oxygen atoms in total. The maximum atomic E-state index is 12.7. The van der Waals surface area contributed by atoms with Crippen molar-refractivity contribution in [3.63, 3.8) is 0 Å². The summed E-state index contributed by atoms with van der Waals surface area (Å²) in [6.07, 6.45) is 6.23. The lowest BCUT2D eigenvalue weighted by molar-refractivity contribution is -0.130. The minimum atomic E-state index is -0.0475. The zero-order valence-corrected chi connectivity index (χ0v) is 12.0. The van der Waals surface area contributed by atoms with Gasteiger partial charge in [0.15, 0.2) is 0 Å². The largest absolute Gasteiger partial charge is 0.330 e. The van der Waals surface area contributed by atoms with E-state index >= 15 is 0 Å². The van der Waals surface area contributed by atoms with Crippen LogP contribution in [0.1, 0.15) is 37.3 Å².